The van der Waals surface area contributed by atoms with Crippen molar-refractivity contribution in [3.05, 3.63) is 52.5 Å². The van der Waals surface area contributed by atoms with E-state index in [4.69, 9.17) is 9.47 Å². The molecular formula is C15H13BrN2O3. The van der Waals surface area contributed by atoms with Gasteiger partial charge in [0, 0.05) is 16.7 Å². The zero-order valence-corrected chi connectivity index (χ0v) is 12.6. The van der Waals surface area contributed by atoms with Crippen LogP contribution in [0.1, 0.15) is 5.56 Å². The van der Waals surface area contributed by atoms with Crippen molar-refractivity contribution in [2.45, 2.75) is 6.54 Å². The normalized spacial score (nSPS) is 12.0. The molecule has 0 spiro atoms. The Morgan fingerprint density at radius 2 is 2.00 bits per heavy atom. The summed E-state index contributed by atoms with van der Waals surface area (Å²) in [6, 6.07) is 12.8. The SMILES string of the molecule is O=C(NCc1ccc2c(c1)OCO2)Nc1cccc(Br)c1. The summed E-state index contributed by atoms with van der Waals surface area (Å²) in [6.07, 6.45) is 0. The number of ether oxygens (including phenoxy) is 2. The molecule has 108 valence electrons. The van der Waals surface area contributed by atoms with Crippen LogP contribution >= 0.6 is 15.9 Å². The summed E-state index contributed by atoms with van der Waals surface area (Å²) in [6.45, 7) is 0.659. The first-order valence-electron chi connectivity index (χ1n) is 6.40. The van der Waals surface area contributed by atoms with Crippen LogP contribution in [-0.2, 0) is 6.54 Å². The second-order valence-corrected chi connectivity index (χ2v) is 5.42. The molecule has 0 bridgehead atoms. The van der Waals surface area contributed by atoms with Crippen molar-refractivity contribution in [1.29, 1.82) is 0 Å². The van der Waals surface area contributed by atoms with Gasteiger partial charge in [-0.15, -0.1) is 0 Å². The average Bonchev–Trinajstić information content (AvgIpc) is 2.92. The number of hydrogen-bond acceptors (Lipinski definition) is 3. The fourth-order valence-electron chi connectivity index (χ4n) is 1.97. The van der Waals surface area contributed by atoms with Crippen LogP contribution in [0.15, 0.2) is 46.9 Å². The van der Waals surface area contributed by atoms with E-state index in [-0.39, 0.29) is 12.8 Å². The maximum absolute atomic E-state index is 11.8. The van der Waals surface area contributed by atoms with Gasteiger partial charge in [0.15, 0.2) is 11.5 Å². The van der Waals surface area contributed by atoms with Crippen LogP contribution in [0.2, 0.25) is 0 Å². The number of hydrogen-bond donors (Lipinski definition) is 2. The van der Waals surface area contributed by atoms with Gasteiger partial charge in [0.1, 0.15) is 0 Å². The molecule has 0 saturated heterocycles. The van der Waals surface area contributed by atoms with Crippen molar-refractivity contribution in [3.63, 3.8) is 0 Å². The molecule has 1 heterocycles. The molecule has 2 aromatic rings. The number of carbonyl (C=O) groups is 1. The van der Waals surface area contributed by atoms with Gasteiger partial charge in [-0.25, -0.2) is 4.79 Å². The standard InChI is InChI=1S/C15H13BrN2O3/c16-11-2-1-3-12(7-11)18-15(19)17-8-10-4-5-13-14(6-10)21-9-20-13/h1-7H,8-9H2,(H2,17,18,19). The van der Waals surface area contributed by atoms with Gasteiger partial charge in [-0.2, -0.15) is 0 Å². The smallest absolute Gasteiger partial charge is 0.319 e. The van der Waals surface area contributed by atoms with Crippen LogP contribution in [0.4, 0.5) is 10.5 Å². The number of fused-ring (bicyclic) bond motifs is 1. The molecule has 0 radical (unpaired) electrons. The maximum atomic E-state index is 11.8. The molecule has 0 fully saturated rings. The summed E-state index contributed by atoms with van der Waals surface area (Å²) in [4.78, 5) is 11.8. The topological polar surface area (TPSA) is 59.6 Å². The molecule has 3 rings (SSSR count). The predicted octanol–water partition coefficient (Wildman–Crippen LogP) is 3.50. The third-order valence-corrected chi connectivity index (χ3v) is 3.47. The molecular weight excluding hydrogens is 336 g/mol. The molecule has 5 nitrogen and oxygen atoms in total. The Kier molecular flexibility index (Phi) is 3.96. The van der Waals surface area contributed by atoms with Crippen molar-refractivity contribution in [2.75, 3.05) is 12.1 Å². The number of benzene rings is 2. The molecule has 0 unspecified atom stereocenters. The van der Waals surface area contributed by atoms with E-state index >= 15 is 0 Å². The first kappa shape index (κ1) is 13.8. The highest BCUT2D eigenvalue weighted by Gasteiger charge is 2.13. The summed E-state index contributed by atoms with van der Waals surface area (Å²) in [5.41, 5.74) is 1.68. The van der Waals surface area contributed by atoms with Crippen LogP contribution in [0, 0.1) is 0 Å². The van der Waals surface area contributed by atoms with Crippen molar-refractivity contribution >= 4 is 27.6 Å². The number of amides is 2. The summed E-state index contributed by atoms with van der Waals surface area (Å²) in [7, 11) is 0. The lowest BCUT2D eigenvalue weighted by Gasteiger charge is -2.08. The highest BCUT2D eigenvalue weighted by Crippen LogP contribution is 2.32. The minimum atomic E-state index is -0.259. The quantitative estimate of drug-likeness (QED) is 0.892. The van der Waals surface area contributed by atoms with Crippen LogP contribution < -0.4 is 20.1 Å². The Balaban J connectivity index is 1.56. The maximum Gasteiger partial charge on any atom is 0.319 e. The molecule has 21 heavy (non-hydrogen) atoms. The number of rotatable bonds is 3. The van der Waals surface area contributed by atoms with E-state index in [1.807, 2.05) is 42.5 Å². The van der Waals surface area contributed by atoms with Gasteiger partial charge in [-0.1, -0.05) is 28.1 Å². The number of halogens is 1. The zero-order valence-electron chi connectivity index (χ0n) is 11.1. The molecule has 2 N–H and O–H groups in total. The monoisotopic (exact) mass is 348 g/mol. The highest BCUT2D eigenvalue weighted by atomic mass is 79.9. The minimum absolute atomic E-state index is 0.246. The molecule has 2 aromatic carbocycles. The second-order valence-electron chi connectivity index (χ2n) is 4.51. The van der Waals surface area contributed by atoms with E-state index in [1.54, 1.807) is 0 Å². The third kappa shape index (κ3) is 3.46. The number of nitrogens with one attached hydrogen (secondary N) is 2. The Morgan fingerprint density at radius 3 is 2.86 bits per heavy atom. The van der Waals surface area contributed by atoms with Gasteiger partial charge >= 0.3 is 6.03 Å². The number of urea groups is 1. The number of anilines is 1. The molecule has 0 atom stereocenters. The van der Waals surface area contributed by atoms with E-state index in [9.17, 15) is 4.79 Å². The Labute approximate surface area is 130 Å². The first-order valence-corrected chi connectivity index (χ1v) is 7.19. The summed E-state index contributed by atoms with van der Waals surface area (Å²) >= 11 is 3.36. The molecule has 0 saturated carbocycles. The van der Waals surface area contributed by atoms with E-state index < -0.39 is 0 Å². The molecule has 2 amide bonds. The summed E-state index contributed by atoms with van der Waals surface area (Å²) < 4.78 is 11.5. The second kappa shape index (κ2) is 6.05. The van der Waals surface area contributed by atoms with Crippen molar-refractivity contribution < 1.29 is 14.3 Å². The van der Waals surface area contributed by atoms with Gasteiger partial charge in [-0.05, 0) is 35.9 Å². The van der Waals surface area contributed by atoms with Gasteiger partial charge < -0.3 is 20.1 Å². The van der Waals surface area contributed by atoms with E-state index in [1.165, 1.54) is 0 Å². The molecule has 0 aromatic heterocycles. The molecule has 1 aliphatic heterocycles. The van der Waals surface area contributed by atoms with Crippen LogP contribution in [0.25, 0.3) is 0 Å². The molecule has 0 aliphatic carbocycles. The lowest BCUT2D eigenvalue weighted by molar-refractivity contribution is 0.174. The third-order valence-electron chi connectivity index (χ3n) is 2.97. The van der Waals surface area contributed by atoms with Crippen molar-refractivity contribution in [2.24, 2.45) is 0 Å². The fraction of sp³-hybridized carbons (Fsp3) is 0.133. The Morgan fingerprint density at radius 1 is 1.14 bits per heavy atom. The largest absolute Gasteiger partial charge is 0.454 e. The average molecular weight is 349 g/mol. The predicted molar refractivity (Wildman–Crippen MR) is 82.6 cm³/mol. The van der Waals surface area contributed by atoms with Crippen LogP contribution in [-0.4, -0.2) is 12.8 Å². The van der Waals surface area contributed by atoms with E-state index in [0.717, 1.165) is 21.5 Å². The summed E-state index contributed by atoms with van der Waals surface area (Å²) in [5.74, 6) is 1.44. The first-order chi connectivity index (χ1) is 10.2. The highest BCUT2D eigenvalue weighted by molar-refractivity contribution is 9.10. The van der Waals surface area contributed by atoms with Crippen molar-refractivity contribution in [3.8, 4) is 11.5 Å². The Bertz CT molecular complexity index is 676. The molecule has 6 heteroatoms. The van der Waals surface area contributed by atoms with E-state index in [0.29, 0.717) is 12.3 Å². The lowest BCUT2D eigenvalue weighted by Crippen LogP contribution is -2.28. The van der Waals surface area contributed by atoms with Crippen LogP contribution in [0.3, 0.4) is 0 Å². The minimum Gasteiger partial charge on any atom is -0.454 e. The van der Waals surface area contributed by atoms with Crippen molar-refractivity contribution in [1.82, 2.24) is 5.32 Å². The Hall–Kier alpha value is -2.21. The van der Waals surface area contributed by atoms with Gasteiger partial charge in [0.25, 0.3) is 0 Å². The van der Waals surface area contributed by atoms with Gasteiger partial charge in [-0.3, -0.25) is 0 Å². The van der Waals surface area contributed by atoms with Crippen LogP contribution in [0.5, 0.6) is 11.5 Å². The summed E-state index contributed by atoms with van der Waals surface area (Å²) in [5, 5.41) is 5.57. The van der Waals surface area contributed by atoms with E-state index in [2.05, 4.69) is 26.6 Å². The fourth-order valence-corrected chi connectivity index (χ4v) is 2.37. The molecule has 1 aliphatic rings. The lowest BCUT2D eigenvalue weighted by atomic mass is 10.2. The van der Waals surface area contributed by atoms with Gasteiger partial charge in [0.05, 0.1) is 0 Å². The zero-order chi connectivity index (χ0) is 14.7. The number of carbonyl (C=O) groups excluding carboxylic acids is 1. The van der Waals surface area contributed by atoms with Gasteiger partial charge in [0.2, 0.25) is 6.79 Å².